The molecule has 6 heteroatoms. The second-order valence-corrected chi connectivity index (χ2v) is 5.73. The van der Waals surface area contributed by atoms with E-state index >= 15 is 0 Å². The van der Waals surface area contributed by atoms with Crippen LogP contribution in [0.25, 0.3) is 5.69 Å². The molecule has 0 unspecified atom stereocenters. The molecule has 126 valence electrons. The highest BCUT2D eigenvalue weighted by molar-refractivity contribution is 5.97. The summed E-state index contributed by atoms with van der Waals surface area (Å²) in [6.45, 7) is 0.434. The van der Waals surface area contributed by atoms with Crippen LogP contribution in [-0.2, 0) is 6.54 Å². The molecular weight excluding hydrogens is 316 g/mol. The lowest BCUT2D eigenvalue weighted by Crippen LogP contribution is -2.26. The van der Waals surface area contributed by atoms with E-state index in [-0.39, 0.29) is 5.91 Å². The number of carbonyl (C=O) groups is 2. The summed E-state index contributed by atoms with van der Waals surface area (Å²) < 4.78 is 1.77. The van der Waals surface area contributed by atoms with Gasteiger partial charge in [0.2, 0.25) is 5.91 Å². The maximum Gasteiger partial charge on any atom is 0.253 e. The molecule has 0 aliphatic carbocycles. The highest BCUT2D eigenvalue weighted by Crippen LogP contribution is 2.12. The van der Waals surface area contributed by atoms with Gasteiger partial charge in [-0.2, -0.15) is 5.10 Å². The monoisotopic (exact) mass is 334 g/mol. The Balaban J connectivity index is 1.69. The molecule has 3 aromatic rings. The second-order valence-electron chi connectivity index (χ2n) is 5.73. The van der Waals surface area contributed by atoms with E-state index in [9.17, 15) is 9.59 Å². The maximum absolute atomic E-state index is 12.5. The fourth-order valence-corrected chi connectivity index (χ4v) is 2.51. The van der Waals surface area contributed by atoms with Crippen molar-refractivity contribution in [2.75, 3.05) is 7.05 Å². The van der Waals surface area contributed by atoms with Crippen LogP contribution < -0.4 is 5.73 Å². The van der Waals surface area contributed by atoms with Crippen molar-refractivity contribution in [1.29, 1.82) is 0 Å². The lowest BCUT2D eigenvalue weighted by molar-refractivity contribution is 0.0784. The minimum Gasteiger partial charge on any atom is -0.366 e. The van der Waals surface area contributed by atoms with Crippen LogP contribution in [0.4, 0.5) is 0 Å². The first-order valence-corrected chi connectivity index (χ1v) is 7.79. The van der Waals surface area contributed by atoms with Crippen molar-refractivity contribution < 1.29 is 9.59 Å². The zero-order chi connectivity index (χ0) is 17.8. The van der Waals surface area contributed by atoms with Crippen molar-refractivity contribution in [1.82, 2.24) is 14.7 Å². The Hall–Kier alpha value is -3.41. The Morgan fingerprint density at radius 2 is 1.68 bits per heavy atom. The number of carbonyl (C=O) groups excluding carboxylic acids is 2. The van der Waals surface area contributed by atoms with Crippen LogP contribution in [0.2, 0.25) is 0 Å². The van der Waals surface area contributed by atoms with Gasteiger partial charge in [-0.3, -0.25) is 9.59 Å². The molecule has 1 aromatic heterocycles. The fraction of sp³-hybridized carbons (Fsp3) is 0.105. The molecule has 6 nitrogen and oxygen atoms in total. The molecule has 0 aliphatic rings. The summed E-state index contributed by atoms with van der Waals surface area (Å²) in [5, 5.41) is 4.33. The molecule has 0 aliphatic heterocycles. The molecule has 3 rings (SSSR count). The summed E-state index contributed by atoms with van der Waals surface area (Å²) in [7, 11) is 1.73. The van der Waals surface area contributed by atoms with Gasteiger partial charge in [0.15, 0.2) is 0 Å². The van der Waals surface area contributed by atoms with Crippen LogP contribution in [0.3, 0.4) is 0 Å². The third-order valence-corrected chi connectivity index (χ3v) is 3.84. The summed E-state index contributed by atoms with van der Waals surface area (Å²) in [5.41, 5.74) is 7.98. The topological polar surface area (TPSA) is 81.2 Å². The number of amides is 2. The van der Waals surface area contributed by atoms with Crippen LogP contribution >= 0.6 is 0 Å². The van der Waals surface area contributed by atoms with Crippen molar-refractivity contribution in [3.8, 4) is 5.69 Å². The molecule has 0 bridgehead atoms. The van der Waals surface area contributed by atoms with E-state index in [1.54, 1.807) is 47.1 Å². The minimum absolute atomic E-state index is 0.136. The van der Waals surface area contributed by atoms with Gasteiger partial charge in [0.25, 0.3) is 5.91 Å². The molecule has 2 amide bonds. The van der Waals surface area contributed by atoms with Gasteiger partial charge in [-0.25, -0.2) is 4.68 Å². The number of hydrogen-bond donors (Lipinski definition) is 1. The van der Waals surface area contributed by atoms with E-state index in [2.05, 4.69) is 5.10 Å². The summed E-state index contributed by atoms with van der Waals surface area (Å²) in [6, 6.07) is 16.1. The molecule has 0 spiro atoms. The lowest BCUT2D eigenvalue weighted by Gasteiger charge is -2.16. The van der Waals surface area contributed by atoms with E-state index in [0.29, 0.717) is 17.7 Å². The number of nitrogens with two attached hydrogens (primary N) is 1. The number of rotatable bonds is 5. The number of hydrogen-bond acceptors (Lipinski definition) is 3. The summed E-state index contributed by atoms with van der Waals surface area (Å²) >= 11 is 0. The summed E-state index contributed by atoms with van der Waals surface area (Å²) in [5.74, 6) is -0.649. The second kappa shape index (κ2) is 7.00. The van der Waals surface area contributed by atoms with Crippen molar-refractivity contribution in [2.24, 2.45) is 5.73 Å². The fourth-order valence-electron chi connectivity index (χ4n) is 2.51. The molecule has 2 aromatic carbocycles. The zero-order valence-corrected chi connectivity index (χ0v) is 13.8. The highest BCUT2D eigenvalue weighted by Gasteiger charge is 2.13. The first kappa shape index (κ1) is 16.4. The molecule has 2 N–H and O–H groups in total. The lowest BCUT2D eigenvalue weighted by atomic mass is 10.1. The third-order valence-electron chi connectivity index (χ3n) is 3.84. The molecular formula is C19H18N4O2. The summed E-state index contributed by atoms with van der Waals surface area (Å²) in [6.07, 6.45) is 3.64. The minimum atomic E-state index is -0.513. The quantitative estimate of drug-likeness (QED) is 0.777. The smallest absolute Gasteiger partial charge is 0.253 e. The predicted molar refractivity (Wildman–Crippen MR) is 94.3 cm³/mol. The van der Waals surface area contributed by atoms with Gasteiger partial charge in [-0.05, 0) is 36.4 Å². The number of primary amides is 1. The third kappa shape index (κ3) is 3.74. The average molecular weight is 334 g/mol. The SMILES string of the molecule is CN(Cc1cnn(-c2ccccc2)c1)C(=O)c1ccc(C(N)=O)cc1. The maximum atomic E-state index is 12.5. The first-order valence-electron chi connectivity index (χ1n) is 7.79. The van der Waals surface area contributed by atoms with Crippen LogP contribution in [0.5, 0.6) is 0 Å². The number of benzene rings is 2. The molecule has 0 atom stereocenters. The average Bonchev–Trinajstić information content (AvgIpc) is 3.10. The predicted octanol–water partition coefficient (Wildman–Crippen LogP) is 2.24. The van der Waals surface area contributed by atoms with Gasteiger partial charge in [-0.15, -0.1) is 0 Å². The van der Waals surface area contributed by atoms with Crippen molar-refractivity contribution in [2.45, 2.75) is 6.54 Å². The van der Waals surface area contributed by atoms with Gasteiger partial charge in [-0.1, -0.05) is 18.2 Å². The molecule has 0 fully saturated rings. The van der Waals surface area contributed by atoms with E-state index in [4.69, 9.17) is 5.73 Å². The number of aromatic nitrogens is 2. The Morgan fingerprint density at radius 3 is 2.32 bits per heavy atom. The standard InChI is InChI=1S/C19H18N4O2/c1-22(19(25)16-9-7-15(8-10-16)18(20)24)12-14-11-21-23(13-14)17-5-3-2-4-6-17/h2-11,13H,12H2,1H3,(H2,20,24). The number of para-hydroxylation sites is 1. The van der Waals surface area contributed by atoms with E-state index < -0.39 is 5.91 Å². The van der Waals surface area contributed by atoms with Crippen LogP contribution in [0.1, 0.15) is 26.3 Å². The Kier molecular flexibility index (Phi) is 4.61. The summed E-state index contributed by atoms with van der Waals surface area (Å²) in [4.78, 5) is 25.2. The van der Waals surface area contributed by atoms with E-state index in [1.807, 2.05) is 36.5 Å². The van der Waals surface area contributed by atoms with Gasteiger partial charge >= 0.3 is 0 Å². The zero-order valence-electron chi connectivity index (χ0n) is 13.8. The van der Waals surface area contributed by atoms with Gasteiger partial charge < -0.3 is 10.6 Å². The normalized spacial score (nSPS) is 10.4. The van der Waals surface area contributed by atoms with Crippen molar-refractivity contribution >= 4 is 11.8 Å². The van der Waals surface area contributed by atoms with Crippen molar-refractivity contribution in [3.05, 3.63) is 83.7 Å². The largest absolute Gasteiger partial charge is 0.366 e. The van der Waals surface area contributed by atoms with Crippen LogP contribution in [0, 0.1) is 0 Å². The first-order chi connectivity index (χ1) is 12.0. The van der Waals surface area contributed by atoms with E-state index in [0.717, 1.165) is 11.3 Å². The Labute approximate surface area is 145 Å². The van der Waals surface area contributed by atoms with Crippen LogP contribution in [0.15, 0.2) is 67.0 Å². The molecule has 25 heavy (non-hydrogen) atoms. The van der Waals surface area contributed by atoms with Crippen LogP contribution in [-0.4, -0.2) is 33.5 Å². The molecule has 0 radical (unpaired) electrons. The molecule has 0 saturated carbocycles. The molecule has 1 heterocycles. The van der Waals surface area contributed by atoms with E-state index in [1.165, 1.54) is 0 Å². The Bertz CT molecular complexity index is 885. The van der Waals surface area contributed by atoms with Gasteiger partial charge in [0, 0.05) is 36.5 Å². The Morgan fingerprint density at radius 1 is 1.04 bits per heavy atom. The highest BCUT2D eigenvalue weighted by atomic mass is 16.2. The van der Waals surface area contributed by atoms with Crippen molar-refractivity contribution in [3.63, 3.8) is 0 Å². The van der Waals surface area contributed by atoms with Gasteiger partial charge in [0.05, 0.1) is 11.9 Å². The van der Waals surface area contributed by atoms with Gasteiger partial charge in [0.1, 0.15) is 0 Å². The molecule has 0 saturated heterocycles. The number of nitrogens with zero attached hydrogens (tertiary/aromatic N) is 3.